The minimum Gasteiger partial charge on any atom is -0.493 e. The number of hydroxylamine groups is 1. The van der Waals surface area contributed by atoms with Crippen molar-refractivity contribution >= 4 is 17.8 Å². The molecule has 0 bridgehead atoms. The molecule has 3 aromatic rings. The molecule has 1 amide bonds. The number of unbranched alkanes of at least 4 members (excludes halogenated alkanes) is 2. The summed E-state index contributed by atoms with van der Waals surface area (Å²) in [5, 5.41) is 8.51. The maximum Gasteiger partial charge on any atom is 0.243 e. The monoisotopic (exact) mass is 477 g/mol. The molecule has 182 valence electrons. The number of halogens is 1. The van der Waals surface area contributed by atoms with Crippen LogP contribution in [0, 0.1) is 5.82 Å². The summed E-state index contributed by atoms with van der Waals surface area (Å²) in [5.74, 6) is 0.164. The van der Waals surface area contributed by atoms with E-state index in [-0.39, 0.29) is 18.0 Å². The smallest absolute Gasteiger partial charge is 0.243 e. The van der Waals surface area contributed by atoms with Crippen molar-refractivity contribution in [3.8, 4) is 22.6 Å². The minimum absolute atomic E-state index is 0.199. The average Bonchev–Trinajstić information content (AvgIpc) is 2.89. The van der Waals surface area contributed by atoms with Crippen LogP contribution < -0.4 is 15.0 Å². The Labute approximate surface area is 204 Å². The highest BCUT2D eigenvalue weighted by Gasteiger charge is 2.11. The van der Waals surface area contributed by atoms with Crippen LogP contribution in [0.15, 0.2) is 72.8 Å². The van der Waals surface area contributed by atoms with E-state index in [9.17, 15) is 14.0 Å². The van der Waals surface area contributed by atoms with Gasteiger partial charge in [0.05, 0.1) is 13.7 Å². The molecule has 0 spiro atoms. The largest absolute Gasteiger partial charge is 0.493 e. The molecule has 0 radical (unpaired) electrons. The van der Waals surface area contributed by atoms with Crippen LogP contribution in [0.25, 0.3) is 17.2 Å². The number of amides is 1. The maximum atomic E-state index is 13.7. The Hall–Kier alpha value is -3.97. The van der Waals surface area contributed by atoms with Crippen LogP contribution in [0.3, 0.4) is 0 Å². The first kappa shape index (κ1) is 25.6. The SMILES string of the molecule is COc1ccc(/C=C/C(=O)c2ccccc2-c2cccc(F)c2)cc1OCCCCCC(=O)NO. The standard InChI is InChI=1S/C28H28FNO5/c1-34-26-16-14-20(18-27(26)35-17-6-2-3-12-28(32)30-33)13-15-25(31)24-11-5-4-10-23(24)21-8-7-9-22(29)19-21/h4-5,7-11,13-16,18-19,33H,2-3,6,12,17H2,1H3,(H,30,32)/b15-13+. The number of hydrogen-bond acceptors (Lipinski definition) is 5. The van der Waals surface area contributed by atoms with Gasteiger partial charge in [0.1, 0.15) is 5.82 Å². The summed E-state index contributed by atoms with van der Waals surface area (Å²) in [7, 11) is 1.55. The van der Waals surface area contributed by atoms with Crippen molar-refractivity contribution in [1.82, 2.24) is 5.48 Å². The lowest BCUT2D eigenvalue weighted by Crippen LogP contribution is -2.17. The molecule has 0 saturated heterocycles. The number of benzene rings is 3. The van der Waals surface area contributed by atoms with E-state index in [1.54, 1.807) is 61.1 Å². The Balaban J connectivity index is 1.67. The van der Waals surface area contributed by atoms with Gasteiger partial charge in [-0.1, -0.05) is 48.5 Å². The third-order valence-corrected chi connectivity index (χ3v) is 5.37. The molecule has 0 aromatic heterocycles. The van der Waals surface area contributed by atoms with E-state index >= 15 is 0 Å². The highest BCUT2D eigenvalue weighted by Crippen LogP contribution is 2.29. The molecule has 0 unspecified atom stereocenters. The molecule has 0 atom stereocenters. The van der Waals surface area contributed by atoms with E-state index in [0.29, 0.717) is 41.2 Å². The number of allylic oxidation sites excluding steroid dienone is 1. The van der Waals surface area contributed by atoms with Crippen LogP contribution in [0.5, 0.6) is 11.5 Å². The predicted molar refractivity (Wildman–Crippen MR) is 132 cm³/mol. The fourth-order valence-electron chi connectivity index (χ4n) is 3.58. The summed E-state index contributed by atoms with van der Waals surface area (Å²) in [6.07, 6.45) is 5.59. The van der Waals surface area contributed by atoms with Crippen LogP contribution in [0.2, 0.25) is 0 Å². The van der Waals surface area contributed by atoms with Crippen molar-refractivity contribution in [2.45, 2.75) is 25.7 Å². The van der Waals surface area contributed by atoms with E-state index in [2.05, 4.69) is 0 Å². The zero-order valence-corrected chi connectivity index (χ0v) is 19.5. The molecular weight excluding hydrogens is 449 g/mol. The lowest BCUT2D eigenvalue weighted by atomic mass is 9.96. The third-order valence-electron chi connectivity index (χ3n) is 5.37. The van der Waals surface area contributed by atoms with E-state index in [0.717, 1.165) is 18.4 Å². The lowest BCUT2D eigenvalue weighted by molar-refractivity contribution is -0.129. The quantitative estimate of drug-likeness (QED) is 0.113. The third kappa shape index (κ3) is 7.52. The molecule has 0 heterocycles. The fourth-order valence-corrected chi connectivity index (χ4v) is 3.58. The molecule has 0 fully saturated rings. The van der Waals surface area contributed by atoms with E-state index in [1.807, 2.05) is 12.1 Å². The molecule has 6 nitrogen and oxygen atoms in total. The Morgan fingerprint density at radius 2 is 1.80 bits per heavy atom. The number of nitrogens with one attached hydrogen (secondary N) is 1. The van der Waals surface area contributed by atoms with Crippen LogP contribution in [0.4, 0.5) is 4.39 Å². The van der Waals surface area contributed by atoms with Crippen molar-refractivity contribution in [1.29, 1.82) is 0 Å². The molecule has 3 aromatic carbocycles. The van der Waals surface area contributed by atoms with Crippen molar-refractivity contribution in [2.75, 3.05) is 13.7 Å². The van der Waals surface area contributed by atoms with Gasteiger partial charge in [-0.2, -0.15) is 0 Å². The second-order valence-corrected chi connectivity index (χ2v) is 7.86. The molecule has 35 heavy (non-hydrogen) atoms. The fraction of sp³-hybridized carbons (Fsp3) is 0.214. The number of methoxy groups -OCH3 is 1. The van der Waals surface area contributed by atoms with Crippen LogP contribution >= 0.6 is 0 Å². The summed E-state index contributed by atoms with van der Waals surface area (Å²) in [5.41, 5.74) is 4.16. The first-order valence-corrected chi connectivity index (χ1v) is 11.3. The van der Waals surface area contributed by atoms with Crippen LogP contribution in [0.1, 0.15) is 41.6 Å². The summed E-state index contributed by atoms with van der Waals surface area (Å²) in [6.45, 7) is 0.435. The number of carbonyl (C=O) groups excluding carboxylic acids is 2. The zero-order valence-electron chi connectivity index (χ0n) is 19.5. The van der Waals surface area contributed by atoms with Gasteiger partial charge in [-0.25, -0.2) is 9.87 Å². The first-order chi connectivity index (χ1) is 17.0. The van der Waals surface area contributed by atoms with Gasteiger partial charge in [-0.05, 0) is 66.3 Å². The second-order valence-electron chi connectivity index (χ2n) is 7.86. The predicted octanol–water partition coefficient (Wildman–Crippen LogP) is 5.84. The molecule has 7 heteroatoms. The van der Waals surface area contributed by atoms with Gasteiger partial charge in [0.25, 0.3) is 0 Å². The lowest BCUT2D eigenvalue weighted by Gasteiger charge is -2.11. The maximum absolute atomic E-state index is 13.7. The van der Waals surface area contributed by atoms with Gasteiger partial charge in [0, 0.05) is 12.0 Å². The van der Waals surface area contributed by atoms with Crippen molar-refractivity contribution < 1.29 is 28.7 Å². The Bertz CT molecular complexity index is 1190. The highest BCUT2D eigenvalue weighted by atomic mass is 19.1. The van der Waals surface area contributed by atoms with Crippen molar-refractivity contribution in [3.63, 3.8) is 0 Å². The topological polar surface area (TPSA) is 84.9 Å². The molecule has 0 aliphatic rings. The van der Waals surface area contributed by atoms with Crippen LogP contribution in [-0.2, 0) is 4.79 Å². The summed E-state index contributed by atoms with van der Waals surface area (Å²) >= 11 is 0. The van der Waals surface area contributed by atoms with E-state index in [4.69, 9.17) is 14.7 Å². The molecule has 3 rings (SSSR count). The number of ether oxygens (including phenoxy) is 2. The van der Waals surface area contributed by atoms with Gasteiger partial charge < -0.3 is 9.47 Å². The Morgan fingerprint density at radius 1 is 0.971 bits per heavy atom. The van der Waals surface area contributed by atoms with Gasteiger partial charge in [0.2, 0.25) is 5.91 Å². The zero-order chi connectivity index (χ0) is 25.0. The van der Waals surface area contributed by atoms with Crippen molar-refractivity contribution in [3.05, 3.63) is 89.8 Å². The van der Waals surface area contributed by atoms with Gasteiger partial charge in [-0.15, -0.1) is 0 Å². The second kappa shape index (κ2) is 13.1. The van der Waals surface area contributed by atoms with Gasteiger partial charge in [-0.3, -0.25) is 14.8 Å². The van der Waals surface area contributed by atoms with E-state index < -0.39 is 5.91 Å². The summed E-state index contributed by atoms with van der Waals surface area (Å²) in [6, 6.07) is 18.7. The molecule has 0 aliphatic carbocycles. The number of carbonyl (C=O) groups is 2. The number of rotatable bonds is 12. The Kier molecular flexibility index (Phi) is 9.57. The molecular formula is C28H28FNO5. The van der Waals surface area contributed by atoms with Crippen molar-refractivity contribution in [2.24, 2.45) is 0 Å². The first-order valence-electron chi connectivity index (χ1n) is 11.3. The van der Waals surface area contributed by atoms with Gasteiger partial charge >= 0.3 is 0 Å². The van der Waals surface area contributed by atoms with Gasteiger partial charge in [0.15, 0.2) is 17.3 Å². The summed E-state index contributed by atoms with van der Waals surface area (Å²) in [4.78, 5) is 24.0. The highest BCUT2D eigenvalue weighted by molar-refractivity contribution is 6.11. The molecule has 0 aliphatic heterocycles. The molecule has 2 N–H and O–H groups in total. The Morgan fingerprint density at radius 3 is 2.57 bits per heavy atom. The molecule has 0 saturated carbocycles. The average molecular weight is 478 g/mol. The number of ketones is 1. The normalized spacial score (nSPS) is 10.8. The summed E-state index contributed by atoms with van der Waals surface area (Å²) < 4.78 is 24.9. The minimum atomic E-state index is -0.403. The van der Waals surface area contributed by atoms with E-state index in [1.165, 1.54) is 18.2 Å². The van der Waals surface area contributed by atoms with Crippen LogP contribution in [-0.4, -0.2) is 30.6 Å². The number of hydrogen-bond donors (Lipinski definition) is 2.